The summed E-state index contributed by atoms with van der Waals surface area (Å²) in [4.78, 5) is 22.3. The maximum Gasteiger partial charge on any atom is 0.258 e. The zero-order valence-corrected chi connectivity index (χ0v) is 14.9. The van der Waals surface area contributed by atoms with Gasteiger partial charge >= 0.3 is 0 Å². The first-order valence-electron chi connectivity index (χ1n) is 8.76. The smallest absolute Gasteiger partial charge is 0.258 e. The predicted molar refractivity (Wildman–Crippen MR) is 97.4 cm³/mol. The zero-order valence-electron chi connectivity index (χ0n) is 14.9. The molecule has 25 heavy (non-hydrogen) atoms. The molecule has 1 atom stereocenters. The molecule has 1 aromatic carbocycles. The molecule has 4 rings (SSSR count). The van der Waals surface area contributed by atoms with Crippen LogP contribution in [0.4, 0.5) is 0 Å². The molecule has 0 spiro atoms. The van der Waals surface area contributed by atoms with Crippen molar-refractivity contribution in [2.24, 2.45) is 7.05 Å². The van der Waals surface area contributed by atoms with Crippen LogP contribution in [0.25, 0.3) is 10.9 Å². The Morgan fingerprint density at radius 1 is 1.28 bits per heavy atom. The van der Waals surface area contributed by atoms with E-state index >= 15 is 0 Å². The van der Waals surface area contributed by atoms with Gasteiger partial charge < -0.3 is 4.98 Å². The summed E-state index contributed by atoms with van der Waals surface area (Å²) < 4.78 is 1.96. The van der Waals surface area contributed by atoms with Crippen LogP contribution in [0.1, 0.15) is 41.7 Å². The van der Waals surface area contributed by atoms with E-state index in [0.717, 1.165) is 36.4 Å². The molecule has 1 aliphatic heterocycles. The number of aromatic amines is 1. The summed E-state index contributed by atoms with van der Waals surface area (Å²) in [5.74, 6) is 0.731. The third kappa shape index (κ3) is 2.76. The van der Waals surface area contributed by atoms with Crippen molar-refractivity contribution in [1.29, 1.82) is 0 Å². The largest absolute Gasteiger partial charge is 0.309 e. The fourth-order valence-corrected chi connectivity index (χ4v) is 4.02. The van der Waals surface area contributed by atoms with E-state index in [9.17, 15) is 4.79 Å². The van der Waals surface area contributed by atoms with Crippen molar-refractivity contribution in [3.63, 3.8) is 0 Å². The van der Waals surface area contributed by atoms with Crippen LogP contribution in [0, 0.1) is 13.8 Å². The molecular formula is C19H23N5O. The van der Waals surface area contributed by atoms with Gasteiger partial charge in [-0.15, -0.1) is 0 Å². The van der Waals surface area contributed by atoms with Crippen molar-refractivity contribution in [2.75, 3.05) is 6.54 Å². The highest BCUT2D eigenvalue weighted by Crippen LogP contribution is 2.36. The van der Waals surface area contributed by atoms with Gasteiger partial charge in [-0.1, -0.05) is 12.1 Å². The lowest BCUT2D eigenvalue weighted by Crippen LogP contribution is -2.26. The van der Waals surface area contributed by atoms with Crippen molar-refractivity contribution in [1.82, 2.24) is 24.6 Å². The number of nitrogens with zero attached hydrogens (tertiary/aromatic N) is 4. The van der Waals surface area contributed by atoms with E-state index in [-0.39, 0.29) is 5.56 Å². The van der Waals surface area contributed by atoms with E-state index in [0.29, 0.717) is 18.0 Å². The summed E-state index contributed by atoms with van der Waals surface area (Å²) in [6.07, 6.45) is 2.27. The van der Waals surface area contributed by atoms with E-state index in [1.807, 2.05) is 36.0 Å². The molecule has 1 saturated heterocycles. The topological polar surface area (TPSA) is 66.8 Å². The molecule has 3 aromatic rings. The number of H-pyrrole nitrogens is 1. The number of fused-ring (bicyclic) bond motifs is 1. The van der Waals surface area contributed by atoms with Crippen molar-refractivity contribution in [3.8, 4) is 0 Å². The average molecular weight is 337 g/mol. The van der Waals surface area contributed by atoms with E-state index in [1.54, 1.807) is 0 Å². The number of nitrogens with one attached hydrogen (secondary N) is 1. The Labute approximate surface area is 146 Å². The van der Waals surface area contributed by atoms with E-state index in [4.69, 9.17) is 0 Å². The normalized spacial score (nSPS) is 18.3. The van der Waals surface area contributed by atoms with Gasteiger partial charge in [-0.3, -0.25) is 14.4 Å². The van der Waals surface area contributed by atoms with Gasteiger partial charge in [0.05, 0.1) is 23.1 Å². The second kappa shape index (κ2) is 6.11. The van der Waals surface area contributed by atoms with Crippen LogP contribution in [0.2, 0.25) is 0 Å². The van der Waals surface area contributed by atoms with Gasteiger partial charge in [-0.05, 0) is 45.4 Å². The number of hydrogen-bond donors (Lipinski definition) is 1. The molecule has 0 unspecified atom stereocenters. The molecular weight excluding hydrogens is 314 g/mol. The van der Waals surface area contributed by atoms with Gasteiger partial charge in [0.2, 0.25) is 0 Å². The monoisotopic (exact) mass is 337 g/mol. The van der Waals surface area contributed by atoms with Gasteiger partial charge in [0.25, 0.3) is 5.56 Å². The summed E-state index contributed by atoms with van der Waals surface area (Å²) in [5, 5.41) is 5.21. The number of aromatic nitrogens is 4. The summed E-state index contributed by atoms with van der Waals surface area (Å²) in [6.45, 7) is 5.87. The summed E-state index contributed by atoms with van der Waals surface area (Å²) in [7, 11) is 1.99. The number of hydrogen-bond acceptors (Lipinski definition) is 4. The quantitative estimate of drug-likeness (QED) is 0.798. The van der Waals surface area contributed by atoms with Crippen LogP contribution in [0.15, 0.2) is 29.1 Å². The minimum atomic E-state index is -0.0647. The number of rotatable bonds is 3. The molecule has 3 heterocycles. The van der Waals surface area contributed by atoms with Crippen LogP contribution >= 0.6 is 0 Å². The van der Waals surface area contributed by atoms with Crippen LogP contribution < -0.4 is 5.56 Å². The third-order valence-corrected chi connectivity index (χ3v) is 5.28. The Hall–Kier alpha value is -2.47. The van der Waals surface area contributed by atoms with Crippen LogP contribution in [0.5, 0.6) is 0 Å². The Kier molecular flexibility index (Phi) is 3.92. The number of likely N-dealkylation sites (tertiary alicyclic amines) is 1. The lowest BCUT2D eigenvalue weighted by molar-refractivity contribution is 0.241. The molecule has 130 valence electrons. The summed E-state index contributed by atoms with van der Waals surface area (Å²) >= 11 is 0. The summed E-state index contributed by atoms with van der Waals surface area (Å²) in [6, 6.07) is 7.82. The lowest BCUT2D eigenvalue weighted by Gasteiger charge is -2.24. The summed E-state index contributed by atoms with van der Waals surface area (Å²) in [5.41, 5.74) is 4.32. The Morgan fingerprint density at radius 3 is 2.84 bits per heavy atom. The van der Waals surface area contributed by atoms with Gasteiger partial charge in [-0.2, -0.15) is 5.10 Å². The second-order valence-electron chi connectivity index (χ2n) is 6.87. The highest BCUT2D eigenvalue weighted by atomic mass is 16.1. The molecule has 0 saturated carbocycles. The highest BCUT2D eigenvalue weighted by molar-refractivity contribution is 5.77. The van der Waals surface area contributed by atoms with Crippen LogP contribution in [-0.2, 0) is 13.6 Å². The minimum absolute atomic E-state index is 0.0647. The van der Waals surface area contributed by atoms with Gasteiger partial charge in [0, 0.05) is 24.3 Å². The number of para-hydroxylation sites is 1. The highest BCUT2D eigenvalue weighted by Gasteiger charge is 2.30. The van der Waals surface area contributed by atoms with Crippen LogP contribution in [-0.4, -0.2) is 31.2 Å². The average Bonchev–Trinajstić information content (AvgIpc) is 3.12. The lowest BCUT2D eigenvalue weighted by atomic mass is 10.0. The maximum absolute atomic E-state index is 12.3. The Balaban J connectivity index is 1.67. The molecule has 6 heteroatoms. The van der Waals surface area contributed by atoms with E-state index in [1.165, 1.54) is 11.3 Å². The molecule has 0 amide bonds. The predicted octanol–water partition coefficient (Wildman–Crippen LogP) is 2.61. The molecule has 1 fully saturated rings. The molecule has 0 aliphatic carbocycles. The van der Waals surface area contributed by atoms with Gasteiger partial charge in [-0.25, -0.2) is 4.98 Å². The Morgan fingerprint density at radius 2 is 2.08 bits per heavy atom. The number of benzene rings is 1. The second-order valence-corrected chi connectivity index (χ2v) is 6.87. The molecule has 2 aromatic heterocycles. The van der Waals surface area contributed by atoms with Crippen molar-refractivity contribution >= 4 is 10.9 Å². The number of aryl methyl sites for hydroxylation is 2. The van der Waals surface area contributed by atoms with E-state index in [2.05, 4.69) is 33.8 Å². The van der Waals surface area contributed by atoms with Gasteiger partial charge in [0.1, 0.15) is 5.82 Å². The first kappa shape index (κ1) is 16.0. The standard InChI is InChI=1S/C19H23N5O/c1-12-18(13(2)23(3)22-12)16-9-6-10-24(16)11-17-20-15-8-5-4-7-14(15)19(25)21-17/h4-5,7-8,16H,6,9-11H2,1-3H3,(H,20,21,25)/t16-/m0/s1. The first-order chi connectivity index (χ1) is 12.0. The fraction of sp³-hybridized carbons (Fsp3) is 0.421. The zero-order chi connectivity index (χ0) is 17.6. The molecule has 1 N–H and O–H groups in total. The van der Waals surface area contributed by atoms with E-state index < -0.39 is 0 Å². The molecule has 6 nitrogen and oxygen atoms in total. The fourth-order valence-electron chi connectivity index (χ4n) is 4.02. The first-order valence-corrected chi connectivity index (χ1v) is 8.76. The van der Waals surface area contributed by atoms with Crippen molar-refractivity contribution in [3.05, 3.63) is 57.4 Å². The maximum atomic E-state index is 12.3. The molecule has 0 bridgehead atoms. The SMILES string of the molecule is Cc1nn(C)c(C)c1[C@@H]1CCCN1Cc1nc2ccccc2c(=O)[nH]1. The van der Waals surface area contributed by atoms with Crippen molar-refractivity contribution < 1.29 is 0 Å². The minimum Gasteiger partial charge on any atom is -0.309 e. The van der Waals surface area contributed by atoms with Gasteiger partial charge in [0.15, 0.2) is 0 Å². The van der Waals surface area contributed by atoms with Crippen LogP contribution in [0.3, 0.4) is 0 Å². The Bertz CT molecular complexity index is 987. The molecule has 1 aliphatic rings. The third-order valence-electron chi connectivity index (χ3n) is 5.28. The molecule has 0 radical (unpaired) electrons. The van der Waals surface area contributed by atoms with Crippen molar-refractivity contribution in [2.45, 2.75) is 39.3 Å².